The molecule has 1 aromatic heterocycles. The molecule has 1 aromatic carbocycles. The van der Waals surface area contributed by atoms with Gasteiger partial charge in [-0.2, -0.15) is 5.10 Å². The summed E-state index contributed by atoms with van der Waals surface area (Å²) in [4.78, 5) is 14.4. The molecular weight excluding hydrogens is 290 g/mol. The number of benzene rings is 1. The molecular formula is C15H16ClN3O2. The van der Waals surface area contributed by atoms with Crippen molar-refractivity contribution >= 4 is 23.2 Å². The van der Waals surface area contributed by atoms with Gasteiger partial charge in [0.2, 0.25) is 0 Å². The quantitative estimate of drug-likeness (QED) is 0.857. The van der Waals surface area contributed by atoms with E-state index < -0.39 is 0 Å². The minimum atomic E-state index is -0.109. The number of rotatable bonds is 2. The summed E-state index contributed by atoms with van der Waals surface area (Å²) in [6.07, 6.45) is 3.24. The van der Waals surface area contributed by atoms with E-state index in [1.165, 1.54) is 0 Å². The molecule has 0 saturated heterocycles. The van der Waals surface area contributed by atoms with Crippen LogP contribution in [0.25, 0.3) is 0 Å². The van der Waals surface area contributed by atoms with Gasteiger partial charge in [0.25, 0.3) is 5.91 Å². The normalized spacial score (nSPS) is 17.3. The summed E-state index contributed by atoms with van der Waals surface area (Å²) in [5.74, 6) is 0.475. The summed E-state index contributed by atoms with van der Waals surface area (Å²) in [6, 6.07) is 5.42. The Bertz CT molecular complexity index is 683. The number of anilines is 1. The van der Waals surface area contributed by atoms with Crippen molar-refractivity contribution in [1.82, 2.24) is 9.78 Å². The first-order chi connectivity index (χ1) is 10.1. The van der Waals surface area contributed by atoms with Crippen LogP contribution >= 0.6 is 11.6 Å². The third kappa shape index (κ3) is 2.49. The Morgan fingerprint density at radius 1 is 1.52 bits per heavy atom. The first-order valence-electron chi connectivity index (χ1n) is 6.89. The number of carbonyl (C=O) groups excluding carboxylic acids is 1. The average Bonchev–Trinajstić information content (AvgIpc) is 2.96. The van der Waals surface area contributed by atoms with Crippen molar-refractivity contribution in [3.63, 3.8) is 0 Å². The van der Waals surface area contributed by atoms with Crippen molar-refractivity contribution in [3.05, 3.63) is 41.2 Å². The van der Waals surface area contributed by atoms with Crippen molar-refractivity contribution in [3.8, 4) is 5.75 Å². The van der Waals surface area contributed by atoms with Gasteiger partial charge in [0.15, 0.2) is 5.75 Å². The van der Waals surface area contributed by atoms with Crippen molar-refractivity contribution in [2.75, 3.05) is 11.4 Å². The Labute approximate surface area is 128 Å². The van der Waals surface area contributed by atoms with E-state index in [9.17, 15) is 4.79 Å². The minimum Gasteiger partial charge on any atom is -0.485 e. The fourth-order valence-corrected chi connectivity index (χ4v) is 2.63. The minimum absolute atomic E-state index is 0.0895. The maximum absolute atomic E-state index is 12.7. The van der Waals surface area contributed by atoms with Gasteiger partial charge in [-0.15, -0.1) is 0 Å². The van der Waals surface area contributed by atoms with Crippen LogP contribution in [0.1, 0.15) is 24.2 Å². The SMILES string of the molecule is CCn1cc(C(=O)N2C[C@@H](C)Oc3c(Cl)cccc32)cn1. The third-order valence-corrected chi connectivity index (χ3v) is 3.74. The van der Waals surface area contributed by atoms with Gasteiger partial charge in [-0.25, -0.2) is 0 Å². The molecule has 0 radical (unpaired) electrons. The fourth-order valence-electron chi connectivity index (χ4n) is 2.42. The van der Waals surface area contributed by atoms with Gasteiger partial charge in [0.1, 0.15) is 6.10 Å². The number of nitrogens with zero attached hydrogens (tertiary/aromatic N) is 3. The number of amides is 1. The molecule has 0 unspecified atom stereocenters. The molecule has 3 rings (SSSR count). The Morgan fingerprint density at radius 2 is 2.33 bits per heavy atom. The molecule has 1 atom stereocenters. The molecule has 1 aliphatic heterocycles. The van der Waals surface area contributed by atoms with E-state index in [-0.39, 0.29) is 12.0 Å². The lowest BCUT2D eigenvalue weighted by molar-refractivity contribution is 0.0961. The number of aromatic nitrogens is 2. The van der Waals surface area contributed by atoms with Crippen LogP contribution in [0.2, 0.25) is 5.02 Å². The lowest BCUT2D eigenvalue weighted by Crippen LogP contribution is -2.42. The predicted octanol–water partition coefficient (Wildman–Crippen LogP) is 2.98. The number of aryl methyl sites for hydroxylation is 1. The van der Waals surface area contributed by atoms with E-state index in [4.69, 9.17) is 16.3 Å². The maximum Gasteiger partial charge on any atom is 0.261 e. The molecule has 0 N–H and O–H groups in total. The fraction of sp³-hybridized carbons (Fsp3) is 0.333. The van der Waals surface area contributed by atoms with Crippen LogP contribution in [0.4, 0.5) is 5.69 Å². The second kappa shape index (κ2) is 5.41. The summed E-state index contributed by atoms with van der Waals surface area (Å²) >= 11 is 6.17. The zero-order chi connectivity index (χ0) is 15.0. The number of hydrogen-bond acceptors (Lipinski definition) is 3. The number of para-hydroxylation sites is 1. The van der Waals surface area contributed by atoms with Gasteiger partial charge in [0.05, 0.1) is 29.0 Å². The lowest BCUT2D eigenvalue weighted by atomic mass is 10.1. The van der Waals surface area contributed by atoms with Gasteiger partial charge in [-0.3, -0.25) is 9.48 Å². The first-order valence-corrected chi connectivity index (χ1v) is 7.27. The highest BCUT2D eigenvalue weighted by atomic mass is 35.5. The Balaban J connectivity index is 1.99. The molecule has 110 valence electrons. The van der Waals surface area contributed by atoms with Crippen LogP contribution in [-0.2, 0) is 6.54 Å². The lowest BCUT2D eigenvalue weighted by Gasteiger charge is -2.33. The van der Waals surface area contributed by atoms with Crippen LogP contribution in [0, 0.1) is 0 Å². The highest BCUT2D eigenvalue weighted by Crippen LogP contribution is 2.39. The van der Waals surface area contributed by atoms with E-state index >= 15 is 0 Å². The van der Waals surface area contributed by atoms with Crippen LogP contribution in [-0.4, -0.2) is 28.3 Å². The van der Waals surface area contributed by atoms with Gasteiger partial charge in [0, 0.05) is 12.7 Å². The van der Waals surface area contributed by atoms with Crippen molar-refractivity contribution in [1.29, 1.82) is 0 Å². The van der Waals surface area contributed by atoms with E-state index in [0.29, 0.717) is 28.6 Å². The molecule has 21 heavy (non-hydrogen) atoms. The van der Waals surface area contributed by atoms with Gasteiger partial charge in [-0.05, 0) is 26.0 Å². The summed E-state index contributed by atoms with van der Waals surface area (Å²) in [6.45, 7) is 5.12. The summed E-state index contributed by atoms with van der Waals surface area (Å²) in [7, 11) is 0. The maximum atomic E-state index is 12.7. The second-order valence-corrected chi connectivity index (χ2v) is 5.42. The molecule has 1 aliphatic rings. The third-order valence-electron chi connectivity index (χ3n) is 3.45. The molecule has 0 fully saturated rings. The molecule has 0 aliphatic carbocycles. The molecule has 0 saturated carbocycles. The average molecular weight is 306 g/mol. The molecule has 2 aromatic rings. The van der Waals surface area contributed by atoms with Crippen molar-refractivity contribution in [2.24, 2.45) is 0 Å². The molecule has 2 heterocycles. The Morgan fingerprint density at radius 3 is 3.05 bits per heavy atom. The first kappa shape index (κ1) is 13.9. The molecule has 5 nitrogen and oxygen atoms in total. The number of halogens is 1. The highest BCUT2D eigenvalue weighted by molar-refractivity contribution is 6.32. The zero-order valence-corrected chi connectivity index (χ0v) is 12.7. The molecule has 0 spiro atoms. The van der Waals surface area contributed by atoms with Gasteiger partial charge >= 0.3 is 0 Å². The van der Waals surface area contributed by atoms with Crippen molar-refractivity contribution < 1.29 is 9.53 Å². The van der Waals surface area contributed by atoms with Crippen LogP contribution in [0.3, 0.4) is 0 Å². The number of hydrogen-bond donors (Lipinski definition) is 0. The van der Waals surface area contributed by atoms with Crippen LogP contribution in [0.15, 0.2) is 30.6 Å². The van der Waals surface area contributed by atoms with Gasteiger partial charge in [-0.1, -0.05) is 17.7 Å². The predicted molar refractivity (Wildman–Crippen MR) is 81.1 cm³/mol. The van der Waals surface area contributed by atoms with E-state index in [0.717, 1.165) is 6.54 Å². The van der Waals surface area contributed by atoms with E-state index in [1.54, 1.807) is 28.0 Å². The number of carbonyl (C=O) groups is 1. The number of ether oxygens (including phenoxy) is 1. The van der Waals surface area contributed by atoms with Gasteiger partial charge < -0.3 is 9.64 Å². The van der Waals surface area contributed by atoms with Crippen LogP contribution < -0.4 is 9.64 Å². The highest BCUT2D eigenvalue weighted by Gasteiger charge is 2.30. The molecule has 6 heteroatoms. The topological polar surface area (TPSA) is 47.4 Å². The smallest absolute Gasteiger partial charge is 0.261 e. The summed E-state index contributed by atoms with van der Waals surface area (Å²) in [5, 5.41) is 4.67. The second-order valence-electron chi connectivity index (χ2n) is 5.02. The monoisotopic (exact) mass is 305 g/mol. The molecule has 1 amide bonds. The van der Waals surface area contributed by atoms with E-state index in [2.05, 4.69) is 5.10 Å². The molecule has 0 bridgehead atoms. The largest absolute Gasteiger partial charge is 0.485 e. The van der Waals surface area contributed by atoms with E-state index in [1.807, 2.05) is 26.0 Å². The number of fused-ring (bicyclic) bond motifs is 1. The standard InChI is InChI=1S/C15H16ClN3O2/c1-3-18-9-11(7-17-18)15(20)19-8-10(2)21-14-12(16)5-4-6-13(14)19/h4-7,9-10H,3,8H2,1-2H3/t10-/m1/s1. The Hall–Kier alpha value is -2.01. The van der Waals surface area contributed by atoms with Crippen LogP contribution in [0.5, 0.6) is 5.75 Å². The zero-order valence-electron chi connectivity index (χ0n) is 11.9. The summed E-state index contributed by atoms with van der Waals surface area (Å²) < 4.78 is 7.49. The summed E-state index contributed by atoms with van der Waals surface area (Å²) in [5.41, 5.74) is 1.27. The Kier molecular flexibility index (Phi) is 3.59. The van der Waals surface area contributed by atoms with Crippen molar-refractivity contribution in [2.45, 2.75) is 26.5 Å².